The first-order chi connectivity index (χ1) is 7.46. The van der Waals surface area contributed by atoms with Crippen LogP contribution in [0.25, 0.3) is 5.65 Å². The molecular formula is C8H6BrF3N4. The molecule has 86 valence electrons. The number of fused-ring (bicyclic) bond motifs is 1. The fourth-order valence-electron chi connectivity index (χ4n) is 1.13. The van der Waals surface area contributed by atoms with Gasteiger partial charge in [0, 0.05) is 0 Å². The maximum atomic E-state index is 12.0. The van der Waals surface area contributed by atoms with Crippen molar-refractivity contribution in [3.05, 3.63) is 22.9 Å². The quantitative estimate of drug-likeness (QED) is 0.925. The van der Waals surface area contributed by atoms with Gasteiger partial charge in [-0.15, -0.1) is 5.10 Å². The summed E-state index contributed by atoms with van der Waals surface area (Å²) >= 11 is 3.18. The molecule has 16 heavy (non-hydrogen) atoms. The summed E-state index contributed by atoms with van der Waals surface area (Å²) in [6.07, 6.45) is -2.74. The molecule has 4 nitrogen and oxygen atoms in total. The van der Waals surface area contributed by atoms with Crippen molar-refractivity contribution in [3.63, 3.8) is 0 Å². The molecule has 0 radical (unpaired) electrons. The molecule has 2 aromatic rings. The lowest BCUT2D eigenvalue weighted by molar-refractivity contribution is -0.115. The van der Waals surface area contributed by atoms with E-state index in [9.17, 15) is 13.2 Å². The van der Waals surface area contributed by atoms with Crippen LogP contribution in [0.4, 0.5) is 19.0 Å². The van der Waals surface area contributed by atoms with E-state index in [0.29, 0.717) is 10.3 Å². The van der Waals surface area contributed by atoms with Gasteiger partial charge in [-0.1, -0.05) is 0 Å². The molecule has 0 aliphatic heterocycles. The molecule has 8 heteroatoms. The molecule has 2 heterocycles. The Balaban J connectivity index is 2.22. The van der Waals surface area contributed by atoms with E-state index in [-0.39, 0.29) is 5.82 Å². The average Bonchev–Trinajstić information content (AvgIpc) is 2.56. The van der Waals surface area contributed by atoms with E-state index in [1.54, 1.807) is 6.07 Å². The second-order valence-electron chi connectivity index (χ2n) is 3.04. The summed E-state index contributed by atoms with van der Waals surface area (Å²) in [6, 6.07) is 3.02. The largest absolute Gasteiger partial charge is 0.405 e. The number of hydrogen-bond acceptors (Lipinski definition) is 3. The minimum absolute atomic E-state index is 0.142. The van der Waals surface area contributed by atoms with Gasteiger partial charge in [0.15, 0.2) is 5.65 Å². The minimum Gasteiger partial charge on any atom is -0.360 e. The Morgan fingerprint density at radius 2 is 2.12 bits per heavy atom. The van der Waals surface area contributed by atoms with Crippen molar-refractivity contribution in [3.8, 4) is 0 Å². The third-order valence-electron chi connectivity index (χ3n) is 1.79. The van der Waals surface area contributed by atoms with Gasteiger partial charge in [0.2, 0.25) is 0 Å². The highest BCUT2D eigenvalue weighted by molar-refractivity contribution is 9.10. The van der Waals surface area contributed by atoms with Crippen LogP contribution in [0.5, 0.6) is 0 Å². The second-order valence-corrected chi connectivity index (χ2v) is 3.85. The van der Waals surface area contributed by atoms with E-state index in [0.717, 1.165) is 0 Å². The number of hydrogen-bond donors (Lipinski definition) is 1. The summed E-state index contributed by atoms with van der Waals surface area (Å²) in [7, 11) is 0. The normalized spacial score (nSPS) is 12.0. The van der Waals surface area contributed by atoms with Crippen LogP contribution < -0.4 is 5.32 Å². The lowest BCUT2D eigenvalue weighted by atomic mass is 10.5. The van der Waals surface area contributed by atoms with Crippen molar-refractivity contribution in [2.24, 2.45) is 0 Å². The standard InChI is InChI=1S/C8H6BrF3N4/c9-5-3-13-7-2-1-6(15-16(5)7)14-4-8(10,11)12/h1-3H,4H2,(H,14,15). The Morgan fingerprint density at radius 3 is 2.81 bits per heavy atom. The number of nitrogens with one attached hydrogen (secondary N) is 1. The molecule has 0 fully saturated rings. The number of nitrogens with zero attached hydrogens (tertiary/aromatic N) is 3. The third-order valence-corrected chi connectivity index (χ3v) is 2.33. The average molecular weight is 295 g/mol. The van der Waals surface area contributed by atoms with E-state index in [4.69, 9.17) is 0 Å². The molecule has 0 aliphatic carbocycles. The van der Waals surface area contributed by atoms with E-state index >= 15 is 0 Å². The van der Waals surface area contributed by atoms with Gasteiger partial charge >= 0.3 is 6.18 Å². The van der Waals surface area contributed by atoms with Crippen LogP contribution in [0.2, 0.25) is 0 Å². The first-order valence-electron chi connectivity index (χ1n) is 4.27. The summed E-state index contributed by atoms with van der Waals surface area (Å²) in [5.74, 6) is 0.142. The van der Waals surface area contributed by atoms with Gasteiger partial charge < -0.3 is 5.32 Å². The maximum absolute atomic E-state index is 12.0. The molecule has 2 rings (SSSR count). The maximum Gasteiger partial charge on any atom is 0.405 e. The molecule has 0 aromatic carbocycles. The number of imidazole rings is 1. The molecular weight excluding hydrogens is 289 g/mol. The monoisotopic (exact) mass is 294 g/mol. The smallest absolute Gasteiger partial charge is 0.360 e. The summed E-state index contributed by atoms with van der Waals surface area (Å²) in [5.41, 5.74) is 0.560. The summed E-state index contributed by atoms with van der Waals surface area (Å²) < 4.78 is 37.9. The molecule has 1 N–H and O–H groups in total. The van der Waals surface area contributed by atoms with Crippen LogP contribution in [0, 0.1) is 0 Å². The summed E-state index contributed by atoms with van der Waals surface area (Å²) in [4.78, 5) is 3.97. The number of aromatic nitrogens is 3. The van der Waals surface area contributed by atoms with Crippen molar-refractivity contribution in [2.75, 3.05) is 11.9 Å². The fraction of sp³-hybridized carbons (Fsp3) is 0.250. The van der Waals surface area contributed by atoms with E-state index in [1.165, 1.54) is 16.8 Å². The molecule has 0 saturated heterocycles. The van der Waals surface area contributed by atoms with Crippen molar-refractivity contribution in [1.29, 1.82) is 0 Å². The number of anilines is 1. The highest BCUT2D eigenvalue weighted by Crippen LogP contribution is 2.17. The molecule has 0 bridgehead atoms. The fourth-order valence-corrected chi connectivity index (χ4v) is 1.49. The third kappa shape index (κ3) is 2.43. The number of alkyl halides is 3. The Hall–Kier alpha value is -1.31. The van der Waals surface area contributed by atoms with Crippen LogP contribution in [0.1, 0.15) is 0 Å². The van der Waals surface area contributed by atoms with Crippen LogP contribution in [0.15, 0.2) is 22.9 Å². The molecule has 0 amide bonds. The van der Waals surface area contributed by atoms with Crippen LogP contribution >= 0.6 is 15.9 Å². The van der Waals surface area contributed by atoms with Gasteiger partial charge in [0.25, 0.3) is 0 Å². The zero-order valence-corrected chi connectivity index (χ0v) is 9.38. The molecule has 0 aliphatic rings. The Kier molecular flexibility index (Phi) is 2.75. The second kappa shape index (κ2) is 3.93. The van der Waals surface area contributed by atoms with Gasteiger partial charge in [-0.3, -0.25) is 0 Å². The SMILES string of the molecule is FC(F)(F)CNc1ccc2ncc(Br)n2n1. The number of rotatable bonds is 2. The highest BCUT2D eigenvalue weighted by atomic mass is 79.9. The lowest BCUT2D eigenvalue weighted by Crippen LogP contribution is -2.22. The van der Waals surface area contributed by atoms with Gasteiger partial charge in [-0.05, 0) is 28.1 Å². The van der Waals surface area contributed by atoms with Crippen LogP contribution in [0.3, 0.4) is 0 Å². The Bertz CT molecular complexity index is 507. The van der Waals surface area contributed by atoms with Crippen molar-refractivity contribution < 1.29 is 13.2 Å². The Morgan fingerprint density at radius 1 is 1.38 bits per heavy atom. The molecule has 0 atom stereocenters. The lowest BCUT2D eigenvalue weighted by Gasteiger charge is -2.08. The van der Waals surface area contributed by atoms with Crippen molar-refractivity contribution in [1.82, 2.24) is 14.6 Å². The van der Waals surface area contributed by atoms with Crippen molar-refractivity contribution >= 4 is 27.4 Å². The predicted octanol–water partition coefficient (Wildman–Crippen LogP) is 2.47. The van der Waals surface area contributed by atoms with Gasteiger partial charge in [-0.2, -0.15) is 13.2 Å². The van der Waals surface area contributed by atoms with E-state index in [1.807, 2.05) is 0 Å². The minimum atomic E-state index is -4.26. The van der Waals surface area contributed by atoms with Gasteiger partial charge in [-0.25, -0.2) is 9.50 Å². The van der Waals surface area contributed by atoms with Crippen molar-refractivity contribution in [2.45, 2.75) is 6.18 Å². The Labute approximate surface area is 96.6 Å². The summed E-state index contributed by atoms with van der Waals surface area (Å²) in [6.45, 7) is -1.11. The van der Waals surface area contributed by atoms with Gasteiger partial charge in [0.05, 0.1) is 6.20 Å². The molecule has 0 saturated carbocycles. The number of halogens is 4. The molecule has 2 aromatic heterocycles. The van der Waals surface area contributed by atoms with E-state index in [2.05, 4.69) is 31.3 Å². The predicted molar refractivity (Wildman–Crippen MR) is 55.2 cm³/mol. The van der Waals surface area contributed by atoms with Crippen LogP contribution in [-0.4, -0.2) is 27.3 Å². The first-order valence-corrected chi connectivity index (χ1v) is 5.06. The molecule has 0 unspecified atom stereocenters. The zero-order valence-electron chi connectivity index (χ0n) is 7.79. The molecule has 0 spiro atoms. The first kappa shape index (κ1) is 11.2. The van der Waals surface area contributed by atoms with Gasteiger partial charge in [0.1, 0.15) is 17.0 Å². The topological polar surface area (TPSA) is 42.2 Å². The van der Waals surface area contributed by atoms with E-state index < -0.39 is 12.7 Å². The zero-order chi connectivity index (χ0) is 11.8. The summed E-state index contributed by atoms with van der Waals surface area (Å²) in [5, 5.41) is 6.12. The van der Waals surface area contributed by atoms with Crippen LogP contribution in [-0.2, 0) is 0 Å². The highest BCUT2D eigenvalue weighted by Gasteiger charge is 2.26.